The predicted molar refractivity (Wildman–Crippen MR) is 136 cm³/mol. The number of aromatic nitrogens is 2. The Morgan fingerprint density at radius 3 is 2.08 bits per heavy atom. The summed E-state index contributed by atoms with van der Waals surface area (Å²) in [4.78, 5) is 37.8. The van der Waals surface area contributed by atoms with Crippen molar-refractivity contribution < 1.29 is 9.59 Å². The molecular formula is C29H26N6O2. The SMILES string of the molecule is N#Cc1ccc(C(=O)C=C2NC(Cc3ccncc3)(Cc3ccncc3)C(=O)N2C2C3CNCC32)cc1. The fourth-order valence-electron chi connectivity index (χ4n) is 5.79. The Hall–Kier alpha value is -4.35. The zero-order valence-electron chi connectivity index (χ0n) is 20.2. The van der Waals surface area contributed by atoms with Gasteiger partial charge in [0.2, 0.25) is 0 Å². The number of benzene rings is 1. The Morgan fingerprint density at radius 2 is 1.54 bits per heavy atom. The summed E-state index contributed by atoms with van der Waals surface area (Å²) in [6, 6.07) is 16.4. The molecule has 6 rings (SSSR count). The summed E-state index contributed by atoms with van der Waals surface area (Å²) in [5, 5.41) is 16.0. The van der Waals surface area contributed by atoms with Gasteiger partial charge in [-0.2, -0.15) is 5.26 Å². The van der Waals surface area contributed by atoms with Crippen molar-refractivity contribution in [3.63, 3.8) is 0 Å². The van der Waals surface area contributed by atoms with Crippen molar-refractivity contribution in [2.75, 3.05) is 13.1 Å². The largest absolute Gasteiger partial charge is 0.357 e. The van der Waals surface area contributed by atoms with Crippen LogP contribution in [0.5, 0.6) is 0 Å². The summed E-state index contributed by atoms with van der Waals surface area (Å²) in [7, 11) is 0. The average molecular weight is 491 g/mol. The number of ketones is 1. The van der Waals surface area contributed by atoms with Crippen molar-refractivity contribution in [2.24, 2.45) is 11.8 Å². The van der Waals surface area contributed by atoms with Crippen LogP contribution in [0.4, 0.5) is 0 Å². The second-order valence-electron chi connectivity index (χ2n) is 10.0. The van der Waals surface area contributed by atoms with E-state index in [1.54, 1.807) is 55.1 Å². The first-order valence-corrected chi connectivity index (χ1v) is 12.4. The Morgan fingerprint density at radius 1 is 0.973 bits per heavy atom. The number of hydrogen-bond acceptors (Lipinski definition) is 7. The molecule has 8 nitrogen and oxygen atoms in total. The van der Waals surface area contributed by atoms with Gasteiger partial charge in [-0.1, -0.05) is 0 Å². The van der Waals surface area contributed by atoms with Crippen LogP contribution < -0.4 is 10.6 Å². The van der Waals surface area contributed by atoms with E-state index >= 15 is 0 Å². The van der Waals surface area contributed by atoms with Crippen molar-refractivity contribution in [3.8, 4) is 6.07 Å². The second kappa shape index (κ2) is 9.26. The Kier molecular flexibility index (Phi) is 5.78. The number of nitrogens with zero attached hydrogens (tertiary/aromatic N) is 4. The summed E-state index contributed by atoms with van der Waals surface area (Å²) < 4.78 is 0. The third-order valence-electron chi connectivity index (χ3n) is 7.68. The first-order chi connectivity index (χ1) is 18.1. The van der Waals surface area contributed by atoms with Crippen molar-refractivity contribution in [1.82, 2.24) is 25.5 Å². The number of pyridine rings is 2. The number of rotatable bonds is 7. The lowest BCUT2D eigenvalue weighted by atomic mass is 9.85. The van der Waals surface area contributed by atoms with E-state index in [9.17, 15) is 9.59 Å². The molecule has 2 N–H and O–H groups in total. The van der Waals surface area contributed by atoms with Gasteiger partial charge in [0, 0.05) is 68.4 Å². The summed E-state index contributed by atoms with van der Waals surface area (Å²) in [5.74, 6) is 1.09. The van der Waals surface area contributed by atoms with Gasteiger partial charge in [0.25, 0.3) is 5.91 Å². The maximum absolute atomic E-state index is 14.4. The highest BCUT2D eigenvalue weighted by atomic mass is 16.2. The molecule has 184 valence electrons. The average Bonchev–Trinajstić information content (AvgIpc) is 3.25. The van der Waals surface area contributed by atoms with E-state index in [4.69, 9.17) is 5.26 Å². The van der Waals surface area contributed by atoms with Gasteiger partial charge in [-0.05, 0) is 71.5 Å². The fourth-order valence-corrected chi connectivity index (χ4v) is 5.79. The molecule has 3 aliphatic rings. The second-order valence-corrected chi connectivity index (χ2v) is 10.0. The molecule has 0 radical (unpaired) electrons. The number of amides is 1. The van der Waals surface area contributed by atoms with E-state index < -0.39 is 5.54 Å². The number of hydrogen-bond donors (Lipinski definition) is 2. The van der Waals surface area contributed by atoms with Crippen LogP contribution >= 0.6 is 0 Å². The van der Waals surface area contributed by atoms with Crippen LogP contribution in [0.25, 0.3) is 0 Å². The minimum atomic E-state index is -0.955. The van der Waals surface area contributed by atoms with E-state index in [1.807, 2.05) is 29.2 Å². The van der Waals surface area contributed by atoms with Crippen LogP contribution in [0, 0.1) is 23.2 Å². The number of carbonyl (C=O) groups excluding carboxylic acids is 2. The van der Waals surface area contributed by atoms with E-state index in [2.05, 4.69) is 26.7 Å². The van der Waals surface area contributed by atoms with Crippen LogP contribution in [0.1, 0.15) is 27.0 Å². The highest BCUT2D eigenvalue weighted by molar-refractivity contribution is 6.06. The molecule has 1 aromatic carbocycles. The molecule has 2 aromatic heterocycles. The van der Waals surface area contributed by atoms with Crippen LogP contribution in [0.3, 0.4) is 0 Å². The fraction of sp³-hybridized carbons (Fsp3) is 0.276. The Labute approximate surface area is 215 Å². The minimum absolute atomic E-state index is 0.0144. The monoisotopic (exact) mass is 490 g/mol. The third-order valence-corrected chi connectivity index (χ3v) is 7.68. The number of carbonyl (C=O) groups is 2. The van der Waals surface area contributed by atoms with Gasteiger partial charge in [-0.3, -0.25) is 24.5 Å². The van der Waals surface area contributed by atoms with Gasteiger partial charge in [0.15, 0.2) is 5.78 Å². The molecule has 2 aliphatic heterocycles. The molecule has 1 saturated carbocycles. The van der Waals surface area contributed by atoms with Crippen LogP contribution in [0.2, 0.25) is 0 Å². The van der Waals surface area contributed by atoms with E-state index in [1.165, 1.54) is 0 Å². The summed E-state index contributed by atoms with van der Waals surface area (Å²) in [6.07, 6.45) is 9.38. The third kappa shape index (κ3) is 4.28. The van der Waals surface area contributed by atoms with E-state index in [0.29, 0.717) is 41.6 Å². The van der Waals surface area contributed by atoms with Crippen molar-refractivity contribution in [1.29, 1.82) is 5.26 Å². The minimum Gasteiger partial charge on any atom is -0.357 e. The highest BCUT2D eigenvalue weighted by Gasteiger charge is 2.62. The molecular weight excluding hydrogens is 464 g/mol. The zero-order valence-corrected chi connectivity index (χ0v) is 20.2. The number of allylic oxidation sites excluding steroid dienone is 1. The van der Waals surface area contributed by atoms with Crippen molar-refractivity contribution >= 4 is 11.7 Å². The Balaban J connectivity index is 1.40. The lowest BCUT2D eigenvalue weighted by Gasteiger charge is -2.28. The molecule has 2 atom stereocenters. The summed E-state index contributed by atoms with van der Waals surface area (Å²) >= 11 is 0. The van der Waals surface area contributed by atoms with Gasteiger partial charge < -0.3 is 10.6 Å². The lowest BCUT2D eigenvalue weighted by Crippen LogP contribution is -2.51. The summed E-state index contributed by atoms with van der Waals surface area (Å²) in [5.41, 5.74) is 1.99. The van der Waals surface area contributed by atoms with E-state index in [-0.39, 0.29) is 17.7 Å². The maximum atomic E-state index is 14.4. The molecule has 2 unspecified atom stereocenters. The van der Waals surface area contributed by atoms with Crippen LogP contribution in [0.15, 0.2) is 85.2 Å². The molecule has 1 amide bonds. The smallest absolute Gasteiger partial charge is 0.254 e. The first-order valence-electron chi connectivity index (χ1n) is 12.4. The number of fused-ring (bicyclic) bond motifs is 1. The maximum Gasteiger partial charge on any atom is 0.254 e. The summed E-state index contributed by atoms with van der Waals surface area (Å²) in [6.45, 7) is 1.75. The first kappa shape index (κ1) is 23.1. The highest BCUT2D eigenvalue weighted by Crippen LogP contribution is 2.49. The standard InChI is InChI=1S/C29H26N6O2/c30-16-21-1-3-22(4-2-21)25(36)13-26-34-29(14-19-5-9-31-10-6-19,15-20-7-11-32-12-8-20)28(37)35(26)27-23-17-33-18-24(23)27/h1-13,23-24,27,33-34H,14-15,17-18H2. The Bertz CT molecular complexity index is 1350. The molecule has 0 spiro atoms. The van der Waals surface area contributed by atoms with Gasteiger partial charge in [0.1, 0.15) is 11.4 Å². The van der Waals surface area contributed by atoms with Gasteiger partial charge in [-0.25, -0.2) is 0 Å². The lowest BCUT2D eigenvalue weighted by molar-refractivity contribution is -0.132. The number of nitriles is 1. The van der Waals surface area contributed by atoms with Crippen molar-refractivity contribution in [2.45, 2.75) is 24.4 Å². The van der Waals surface area contributed by atoms with Gasteiger partial charge in [-0.15, -0.1) is 0 Å². The van der Waals surface area contributed by atoms with Crippen molar-refractivity contribution in [3.05, 3.63) is 107 Å². The van der Waals surface area contributed by atoms with Gasteiger partial charge >= 0.3 is 0 Å². The molecule has 1 aliphatic carbocycles. The topological polar surface area (TPSA) is 111 Å². The van der Waals surface area contributed by atoms with Crippen LogP contribution in [-0.2, 0) is 17.6 Å². The number of nitrogens with one attached hydrogen (secondary N) is 2. The van der Waals surface area contributed by atoms with Gasteiger partial charge in [0.05, 0.1) is 11.6 Å². The molecule has 4 heterocycles. The number of piperidine rings is 1. The molecule has 0 bridgehead atoms. The van der Waals surface area contributed by atoms with E-state index in [0.717, 1.165) is 24.2 Å². The quantitative estimate of drug-likeness (QED) is 0.386. The molecule has 37 heavy (non-hydrogen) atoms. The molecule has 8 heteroatoms. The molecule has 2 saturated heterocycles. The zero-order chi connectivity index (χ0) is 25.4. The normalized spacial score (nSPS) is 24.4. The molecule has 3 fully saturated rings. The molecule has 3 aromatic rings. The van der Waals surface area contributed by atoms with Crippen LogP contribution in [-0.4, -0.2) is 51.2 Å². The predicted octanol–water partition coefficient (Wildman–Crippen LogP) is 2.25.